The van der Waals surface area contributed by atoms with Crippen molar-refractivity contribution in [1.82, 2.24) is 4.90 Å². The van der Waals surface area contributed by atoms with Crippen molar-refractivity contribution >= 4 is 11.4 Å². The van der Waals surface area contributed by atoms with Crippen molar-refractivity contribution in [2.24, 2.45) is 0 Å². The smallest absolute Gasteiger partial charge is 0.145 e. The Bertz CT molecular complexity index is 617. The van der Waals surface area contributed by atoms with Crippen LogP contribution < -0.4 is 10.2 Å². The lowest BCUT2D eigenvalue weighted by Gasteiger charge is -2.35. The van der Waals surface area contributed by atoms with Crippen molar-refractivity contribution in [2.45, 2.75) is 6.61 Å². The first-order valence-electron chi connectivity index (χ1n) is 7.12. The van der Waals surface area contributed by atoms with Crippen LogP contribution in [0, 0.1) is 22.7 Å². The number of piperazine rings is 1. The van der Waals surface area contributed by atoms with E-state index in [1.807, 2.05) is 30.3 Å². The number of hydrogen-bond acceptors (Lipinski definition) is 6. The fraction of sp³-hybridized carbons (Fsp3) is 0.375. The van der Waals surface area contributed by atoms with Crippen LogP contribution in [0.15, 0.2) is 30.0 Å². The van der Waals surface area contributed by atoms with E-state index in [1.165, 1.54) is 6.20 Å². The normalized spacial score (nSPS) is 14.8. The molecule has 1 aliphatic heterocycles. The van der Waals surface area contributed by atoms with Gasteiger partial charge >= 0.3 is 0 Å². The van der Waals surface area contributed by atoms with Crippen LogP contribution in [0.4, 0.5) is 11.4 Å². The summed E-state index contributed by atoms with van der Waals surface area (Å²) >= 11 is 0. The molecule has 0 radical (unpaired) electrons. The van der Waals surface area contributed by atoms with Crippen molar-refractivity contribution in [3.8, 4) is 12.1 Å². The van der Waals surface area contributed by atoms with Gasteiger partial charge in [0.2, 0.25) is 0 Å². The number of hydrogen-bond donors (Lipinski definition) is 2. The number of aliphatic hydroxyl groups is 1. The SMILES string of the molecule is CN1CCN(c2ccc(CO)cc2NC=C(C#N)C#N)CC1. The topological polar surface area (TPSA) is 86.3 Å². The van der Waals surface area contributed by atoms with Gasteiger partial charge in [-0.05, 0) is 24.7 Å². The zero-order valence-electron chi connectivity index (χ0n) is 12.6. The van der Waals surface area contributed by atoms with E-state index in [4.69, 9.17) is 10.5 Å². The van der Waals surface area contributed by atoms with Crippen molar-refractivity contribution in [3.05, 3.63) is 35.5 Å². The molecule has 0 spiro atoms. The van der Waals surface area contributed by atoms with Gasteiger partial charge in [0.25, 0.3) is 0 Å². The van der Waals surface area contributed by atoms with E-state index in [0.717, 1.165) is 43.1 Å². The minimum absolute atomic E-state index is 0.0127. The number of nitrogens with zero attached hydrogens (tertiary/aromatic N) is 4. The number of allylic oxidation sites excluding steroid dienone is 1. The van der Waals surface area contributed by atoms with Crippen molar-refractivity contribution in [2.75, 3.05) is 43.4 Å². The molecule has 6 nitrogen and oxygen atoms in total. The van der Waals surface area contributed by atoms with Crippen LogP contribution in [-0.2, 0) is 6.61 Å². The van der Waals surface area contributed by atoms with E-state index in [9.17, 15) is 5.11 Å². The largest absolute Gasteiger partial charge is 0.392 e. The first-order valence-corrected chi connectivity index (χ1v) is 7.12. The molecule has 0 amide bonds. The highest BCUT2D eigenvalue weighted by molar-refractivity contribution is 5.72. The van der Waals surface area contributed by atoms with Crippen molar-refractivity contribution < 1.29 is 5.11 Å². The second kappa shape index (κ2) is 7.46. The first kappa shape index (κ1) is 15.8. The number of likely N-dealkylation sites (N-methyl/N-ethyl adjacent to an activating group) is 1. The van der Waals surface area contributed by atoms with Gasteiger partial charge < -0.3 is 20.2 Å². The summed E-state index contributed by atoms with van der Waals surface area (Å²) in [5, 5.41) is 30.0. The second-order valence-electron chi connectivity index (χ2n) is 5.23. The molecule has 0 saturated carbocycles. The Hall–Kier alpha value is -2.54. The maximum absolute atomic E-state index is 9.30. The quantitative estimate of drug-likeness (QED) is 0.814. The first-order chi connectivity index (χ1) is 10.7. The monoisotopic (exact) mass is 297 g/mol. The van der Waals surface area contributed by atoms with Crippen molar-refractivity contribution in [3.63, 3.8) is 0 Å². The zero-order chi connectivity index (χ0) is 15.9. The number of benzene rings is 1. The summed E-state index contributed by atoms with van der Waals surface area (Å²) in [6.07, 6.45) is 1.40. The van der Waals surface area contributed by atoms with Gasteiger partial charge in [0.05, 0.1) is 18.0 Å². The van der Waals surface area contributed by atoms with Crippen LogP contribution >= 0.6 is 0 Å². The average Bonchev–Trinajstić information content (AvgIpc) is 2.56. The highest BCUT2D eigenvalue weighted by Crippen LogP contribution is 2.28. The Labute approximate surface area is 130 Å². The Kier molecular flexibility index (Phi) is 5.37. The molecule has 1 aromatic rings. The van der Waals surface area contributed by atoms with Crippen LogP contribution in [0.2, 0.25) is 0 Å². The number of anilines is 2. The van der Waals surface area contributed by atoms with E-state index in [2.05, 4.69) is 22.2 Å². The van der Waals surface area contributed by atoms with Crippen molar-refractivity contribution in [1.29, 1.82) is 10.5 Å². The molecule has 1 saturated heterocycles. The molecule has 2 N–H and O–H groups in total. The Balaban J connectivity index is 2.27. The maximum atomic E-state index is 9.30. The molecule has 0 aromatic heterocycles. The molecule has 1 aromatic carbocycles. The van der Waals surface area contributed by atoms with Crippen LogP contribution in [0.3, 0.4) is 0 Å². The predicted octanol–water partition coefficient (Wildman–Crippen LogP) is 1.27. The summed E-state index contributed by atoms with van der Waals surface area (Å²) in [4.78, 5) is 4.53. The zero-order valence-corrected chi connectivity index (χ0v) is 12.6. The highest BCUT2D eigenvalue weighted by atomic mass is 16.3. The van der Waals surface area contributed by atoms with E-state index in [1.54, 1.807) is 0 Å². The predicted molar refractivity (Wildman–Crippen MR) is 85.0 cm³/mol. The number of rotatable bonds is 4. The minimum atomic E-state index is -0.0508. The van der Waals surface area contributed by atoms with Gasteiger partial charge in [-0.1, -0.05) is 6.07 Å². The third-order valence-corrected chi connectivity index (χ3v) is 3.70. The van der Waals surface area contributed by atoms with Crippen LogP contribution in [0.5, 0.6) is 0 Å². The lowest BCUT2D eigenvalue weighted by Crippen LogP contribution is -2.44. The number of nitrogens with one attached hydrogen (secondary N) is 1. The molecular formula is C16H19N5O. The summed E-state index contributed by atoms with van der Waals surface area (Å²) in [5.74, 6) is 0. The fourth-order valence-electron chi connectivity index (χ4n) is 2.36. The lowest BCUT2D eigenvalue weighted by molar-refractivity contribution is 0.282. The molecule has 0 aliphatic carbocycles. The summed E-state index contributed by atoms with van der Waals surface area (Å²) in [7, 11) is 2.10. The van der Waals surface area contributed by atoms with Gasteiger partial charge in [-0.2, -0.15) is 10.5 Å². The summed E-state index contributed by atoms with van der Waals surface area (Å²) < 4.78 is 0. The average molecular weight is 297 g/mol. The number of nitriles is 2. The fourth-order valence-corrected chi connectivity index (χ4v) is 2.36. The maximum Gasteiger partial charge on any atom is 0.145 e. The molecule has 6 heteroatoms. The Morgan fingerprint density at radius 2 is 1.95 bits per heavy atom. The molecule has 1 aliphatic rings. The van der Waals surface area contributed by atoms with E-state index in [-0.39, 0.29) is 12.2 Å². The van der Waals surface area contributed by atoms with Crippen LogP contribution in [-0.4, -0.2) is 43.2 Å². The second-order valence-corrected chi connectivity index (χ2v) is 5.23. The molecule has 1 fully saturated rings. The summed E-state index contributed by atoms with van der Waals surface area (Å²) in [6.45, 7) is 3.75. The van der Waals surface area contributed by atoms with Gasteiger partial charge in [0.1, 0.15) is 17.7 Å². The van der Waals surface area contributed by atoms with Gasteiger partial charge in [-0.3, -0.25) is 0 Å². The third kappa shape index (κ3) is 3.76. The molecular weight excluding hydrogens is 278 g/mol. The molecule has 2 rings (SSSR count). The number of aliphatic hydroxyl groups excluding tert-OH is 1. The van der Waals surface area contributed by atoms with Gasteiger partial charge in [0, 0.05) is 32.4 Å². The summed E-state index contributed by atoms with van der Waals surface area (Å²) in [5.41, 5.74) is 2.60. The van der Waals surface area contributed by atoms with E-state index in [0.29, 0.717) is 0 Å². The van der Waals surface area contributed by atoms with Gasteiger partial charge in [0.15, 0.2) is 0 Å². The highest BCUT2D eigenvalue weighted by Gasteiger charge is 2.17. The molecule has 1 heterocycles. The molecule has 0 bridgehead atoms. The van der Waals surface area contributed by atoms with Gasteiger partial charge in [-0.25, -0.2) is 0 Å². The van der Waals surface area contributed by atoms with Crippen LogP contribution in [0.25, 0.3) is 0 Å². The molecule has 0 unspecified atom stereocenters. The minimum Gasteiger partial charge on any atom is -0.392 e. The Morgan fingerprint density at radius 3 is 2.55 bits per heavy atom. The summed E-state index contributed by atoms with van der Waals surface area (Å²) in [6, 6.07) is 9.34. The molecule has 0 atom stereocenters. The van der Waals surface area contributed by atoms with Crippen LogP contribution in [0.1, 0.15) is 5.56 Å². The lowest BCUT2D eigenvalue weighted by atomic mass is 10.1. The molecule has 22 heavy (non-hydrogen) atoms. The van der Waals surface area contributed by atoms with E-state index >= 15 is 0 Å². The molecule has 114 valence electrons. The van der Waals surface area contributed by atoms with Gasteiger partial charge in [-0.15, -0.1) is 0 Å². The standard InChI is InChI=1S/C16H19N5O/c1-20-4-6-21(7-5-20)16-3-2-13(12-22)8-15(16)19-11-14(9-17)10-18/h2-3,8,11,19,22H,4-7,12H2,1H3. The third-order valence-electron chi connectivity index (χ3n) is 3.70. The van der Waals surface area contributed by atoms with E-state index < -0.39 is 0 Å². The Morgan fingerprint density at radius 1 is 1.27 bits per heavy atom.